The Bertz CT molecular complexity index is 493. The second-order valence-electron chi connectivity index (χ2n) is 6.35. The molecule has 1 aliphatic carbocycles. The maximum absolute atomic E-state index is 10.7. The molecule has 0 aromatic heterocycles. The molecule has 1 aliphatic heterocycles. The van der Waals surface area contributed by atoms with E-state index in [1.54, 1.807) is 0 Å². The van der Waals surface area contributed by atoms with Gasteiger partial charge in [0.1, 0.15) is 0 Å². The number of benzene rings is 1. The maximum atomic E-state index is 10.7. The van der Waals surface area contributed by atoms with Gasteiger partial charge in [-0.1, -0.05) is 25.0 Å². The van der Waals surface area contributed by atoms with Gasteiger partial charge in [-0.3, -0.25) is 4.90 Å². The highest BCUT2D eigenvalue weighted by molar-refractivity contribution is 9.10. The van der Waals surface area contributed by atoms with Gasteiger partial charge >= 0.3 is 0 Å². The summed E-state index contributed by atoms with van der Waals surface area (Å²) < 4.78 is 1.02. The zero-order valence-electron chi connectivity index (χ0n) is 11.8. The van der Waals surface area contributed by atoms with Crippen LogP contribution >= 0.6 is 15.9 Å². The summed E-state index contributed by atoms with van der Waals surface area (Å²) in [6.07, 6.45) is 5.53. The largest absolute Gasteiger partial charge is 0.398 e. The van der Waals surface area contributed by atoms with Gasteiger partial charge in [0, 0.05) is 35.7 Å². The Kier molecular flexibility index (Phi) is 4.07. The van der Waals surface area contributed by atoms with Crippen molar-refractivity contribution in [3.8, 4) is 0 Å². The topological polar surface area (TPSA) is 49.5 Å². The number of hydrogen-bond acceptors (Lipinski definition) is 3. The van der Waals surface area contributed by atoms with Crippen LogP contribution in [0, 0.1) is 5.92 Å². The van der Waals surface area contributed by atoms with E-state index in [0.717, 1.165) is 42.6 Å². The number of nitrogen functional groups attached to an aromatic ring is 1. The first-order valence-corrected chi connectivity index (χ1v) is 8.35. The number of aliphatic hydroxyl groups is 1. The van der Waals surface area contributed by atoms with Crippen molar-refractivity contribution in [1.29, 1.82) is 0 Å². The summed E-state index contributed by atoms with van der Waals surface area (Å²) in [5, 5.41) is 10.7. The molecule has 2 fully saturated rings. The number of halogens is 1. The van der Waals surface area contributed by atoms with Gasteiger partial charge in [0.2, 0.25) is 0 Å². The van der Waals surface area contributed by atoms with E-state index < -0.39 is 0 Å². The molecule has 2 atom stereocenters. The zero-order chi connectivity index (χ0) is 14.2. The lowest BCUT2D eigenvalue weighted by molar-refractivity contribution is -0.0968. The third-order valence-electron chi connectivity index (χ3n) is 5.01. The van der Waals surface area contributed by atoms with Gasteiger partial charge in [-0.05, 0) is 46.8 Å². The molecule has 3 rings (SSSR count). The number of nitrogens with two attached hydrogens (primary N) is 1. The molecule has 2 unspecified atom stereocenters. The van der Waals surface area contributed by atoms with Crippen LogP contribution in [-0.2, 0) is 6.54 Å². The molecule has 0 spiro atoms. The van der Waals surface area contributed by atoms with Crippen LogP contribution < -0.4 is 5.73 Å². The van der Waals surface area contributed by atoms with Gasteiger partial charge in [-0.15, -0.1) is 0 Å². The first-order chi connectivity index (χ1) is 9.58. The molecule has 4 heteroatoms. The lowest BCUT2D eigenvalue weighted by atomic mass is 9.71. The van der Waals surface area contributed by atoms with Crippen molar-refractivity contribution >= 4 is 21.6 Å². The fourth-order valence-electron chi connectivity index (χ4n) is 3.75. The van der Waals surface area contributed by atoms with Crippen LogP contribution in [0.4, 0.5) is 5.69 Å². The van der Waals surface area contributed by atoms with Crippen LogP contribution in [0.15, 0.2) is 22.7 Å². The molecule has 1 aromatic carbocycles. The van der Waals surface area contributed by atoms with Crippen molar-refractivity contribution in [2.24, 2.45) is 5.92 Å². The number of nitrogens with zero attached hydrogens (tertiary/aromatic N) is 1. The molecule has 1 aromatic rings. The van der Waals surface area contributed by atoms with Crippen LogP contribution in [-0.4, -0.2) is 28.7 Å². The molecule has 0 bridgehead atoms. The van der Waals surface area contributed by atoms with Crippen LogP contribution in [0.2, 0.25) is 0 Å². The number of anilines is 1. The quantitative estimate of drug-likeness (QED) is 0.814. The maximum Gasteiger partial charge on any atom is 0.0700 e. The summed E-state index contributed by atoms with van der Waals surface area (Å²) >= 11 is 3.59. The molecule has 3 nitrogen and oxygen atoms in total. The minimum absolute atomic E-state index is 0.387. The van der Waals surface area contributed by atoms with Gasteiger partial charge in [0.05, 0.1) is 5.60 Å². The Morgan fingerprint density at radius 1 is 1.35 bits per heavy atom. The lowest BCUT2D eigenvalue weighted by Crippen LogP contribution is -2.52. The predicted octanol–water partition coefficient (Wildman–Crippen LogP) is 3.16. The molecule has 110 valence electrons. The Morgan fingerprint density at radius 3 is 3.05 bits per heavy atom. The number of hydrogen-bond donors (Lipinski definition) is 2. The van der Waals surface area contributed by atoms with Gasteiger partial charge < -0.3 is 10.8 Å². The standard InChI is InChI=1S/C16H23BrN2O/c17-15-12(4-3-6-14(15)18)10-19-9-8-16(20)7-2-1-5-13(16)11-19/h3-4,6,13,20H,1-2,5,7-11,18H2. The first kappa shape index (κ1) is 14.4. The van der Waals surface area contributed by atoms with Crippen molar-refractivity contribution < 1.29 is 5.11 Å². The van der Waals surface area contributed by atoms with E-state index in [1.807, 2.05) is 12.1 Å². The van der Waals surface area contributed by atoms with Crippen molar-refractivity contribution in [1.82, 2.24) is 4.90 Å². The number of fused-ring (bicyclic) bond motifs is 1. The average molecular weight is 339 g/mol. The normalized spacial score (nSPS) is 31.0. The summed E-state index contributed by atoms with van der Waals surface area (Å²) in [7, 11) is 0. The van der Waals surface area contributed by atoms with Gasteiger partial charge in [0.25, 0.3) is 0 Å². The van der Waals surface area contributed by atoms with Crippen molar-refractivity contribution in [3.63, 3.8) is 0 Å². The molecule has 1 saturated heterocycles. The monoisotopic (exact) mass is 338 g/mol. The smallest absolute Gasteiger partial charge is 0.0700 e. The molecule has 3 N–H and O–H groups in total. The summed E-state index contributed by atoms with van der Waals surface area (Å²) in [4.78, 5) is 2.46. The molecular formula is C16H23BrN2O. The first-order valence-electron chi connectivity index (χ1n) is 7.56. The molecule has 1 saturated carbocycles. The Balaban J connectivity index is 1.69. The van der Waals surface area contributed by atoms with Crippen molar-refractivity contribution in [2.45, 2.75) is 44.2 Å². The van der Waals surface area contributed by atoms with E-state index >= 15 is 0 Å². The molecule has 0 radical (unpaired) electrons. The Labute approximate surface area is 129 Å². The summed E-state index contributed by atoms with van der Waals surface area (Å²) in [6, 6.07) is 6.06. The van der Waals surface area contributed by atoms with E-state index in [4.69, 9.17) is 5.73 Å². The average Bonchev–Trinajstić information content (AvgIpc) is 2.44. The highest BCUT2D eigenvalue weighted by Gasteiger charge is 2.42. The van der Waals surface area contributed by atoms with Crippen LogP contribution in [0.5, 0.6) is 0 Å². The Morgan fingerprint density at radius 2 is 2.20 bits per heavy atom. The molecule has 0 amide bonds. The van der Waals surface area contributed by atoms with Gasteiger partial charge in [0.15, 0.2) is 0 Å². The number of piperidine rings is 1. The lowest BCUT2D eigenvalue weighted by Gasteiger charge is -2.47. The minimum atomic E-state index is -0.387. The third kappa shape index (κ3) is 2.74. The number of rotatable bonds is 2. The predicted molar refractivity (Wildman–Crippen MR) is 85.4 cm³/mol. The van der Waals surface area contributed by atoms with Gasteiger partial charge in [-0.2, -0.15) is 0 Å². The minimum Gasteiger partial charge on any atom is -0.398 e. The van der Waals surface area contributed by atoms with E-state index in [9.17, 15) is 5.11 Å². The summed E-state index contributed by atoms with van der Waals surface area (Å²) in [6.45, 7) is 2.91. The third-order valence-corrected chi connectivity index (χ3v) is 5.98. The number of likely N-dealkylation sites (tertiary alicyclic amines) is 1. The van der Waals surface area contributed by atoms with Gasteiger partial charge in [-0.25, -0.2) is 0 Å². The highest BCUT2D eigenvalue weighted by atomic mass is 79.9. The van der Waals surface area contributed by atoms with Crippen molar-refractivity contribution in [2.75, 3.05) is 18.8 Å². The molecule has 20 heavy (non-hydrogen) atoms. The second-order valence-corrected chi connectivity index (χ2v) is 7.14. The van der Waals surface area contributed by atoms with Crippen LogP contribution in [0.1, 0.15) is 37.7 Å². The second kappa shape index (κ2) is 5.66. The highest BCUT2D eigenvalue weighted by Crippen LogP contribution is 2.40. The van der Waals surface area contributed by atoms with E-state index in [2.05, 4.69) is 26.9 Å². The van der Waals surface area contributed by atoms with E-state index in [1.165, 1.54) is 24.8 Å². The molecule has 2 aliphatic rings. The summed E-state index contributed by atoms with van der Waals surface area (Å²) in [5.74, 6) is 0.449. The Hall–Kier alpha value is -0.580. The fraction of sp³-hybridized carbons (Fsp3) is 0.625. The zero-order valence-corrected chi connectivity index (χ0v) is 13.4. The molecular weight excluding hydrogens is 316 g/mol. The molecule has 1 heterocycles. The van der Waals surface area contributed by atoms with E-state index in [0.29, 0.717) is 5.92 Å². The van der Waals surface area contributed by atoms with Crippen LogP contribution in [0.25, 0.3) is 0 Å². The van der Waals surface area contributed by atoms with Crippen LogP contribution in [0.3, 0.4) is 0 Å². The fourth-order valence-corrected chi connectivity index (χ4v) is 4.14. The van der Waals surface area contributed by atoms with E-state index in [-0.39, 0.29) is 5.60 Å². The summed E-state index contributed by atoms with van der Waals surface area (Å²) in [5.41, 5.74) is 7.60. The SMILES string of the molecule is Nc1cccc(CN2CCC3(O)CCCCC3C2)c1Br. The van der Waals surface area contributed by atoms with Crippen molar-refractivity contribution in [3.05, 3.63) is 28.2 Å².